The summed E-state index contributed by atoms with van der Waals surface area (Å²) in [6.07, 6.45) is 4.21. The quantitative estimate of drug-likeness (QED) is 0.123. The fourth-order valence-corrected chi connectivity index (χ4v) is 6.34. The highest BCUT2D eigenvalue weighted by Crippen LogP contribution is 2.35. The number of benzene rings is 7. The first-order chi connectivity index (χ1) is 23.8. The molecule has 48 heavy (non-hydrogen) atoms. The molecule has 0 spiro atoms. The predicted octanol–water partition coefficient (Wildman–Crippen LogP) is 11.7. The van der Waals surface area contributed by atoms with Crippen molar-refractivity contribution in [3.63, 3.8) is 0 Å². The highest BCUT2D eigenvalue weighted by Gasteiger charge is 2.13. The molecule has 0 amide bonds. The highest BCUT2D eigenvalue weighted by molar-refractivity contribution is 6.08. The van der Waals surface area contributed by atoms with Crippen molar-refractivity contribution < 1.29 is 0 Å². The van der Waals surface area contributed by atoms with Crippen LogP contribution in [0.2, 0.25) is 0 Å². The van der Waals surface area contributed by atoms with Crippen LogP contribution in [0.3, 0.4) is 0 Å². The molecule has 8 aromatic rings. The molecule has 1 aromatic heterocycles. The van der Waals surface area contributed by atoms with Gasteiger partial charge >= 0.3 is 0 Å². The van der Waals surface area contributed by atoms with Gasteiger partial charge in [-0.05, 0) is 82.4 Å². The van der Waals surface area contributed by atoms with Crippen molar-refractivity contribution in [2.75, 3.05) is 4.90 Å². The first-order valence-corrected chi connectivity index (χ1v) is 16.2. The fraction of sp³-hybridized carbons (Fsp3) is 0. The molecule has 228 valence electrons. The van der Waals surface area contributed by atoms with Gasteiger partial charge in [-0.1, -0.05) is 140 Å². The minimum atomic E-state index is 1.03. The Morgan fingerprint density at radius 3 is 1.35 bits per heavy atom. The van der Waals surface area contributed by atoms with E-state index in [2.05, 4.69) is 199 Å². The van der Waals surface area contributed by atoms with E-state index in [1.54, 1.807) is 0 Å². The molecule has 0 bridgehead atoms. The molecule has 0 radical (unpaired) electrons. The van der Waals surface area contributed by atoms with Crippen LogP contribution in [0.4, 0.5) is 17.1 Å². The molecule has 7 aromatic carbocycles. The molecule has 3 heteroatoms. The maximum atomic E-state index is 4.93. The molecule has 0 fully saturated rings. The number of fused-ring (bicyclic) bond motifs is 3. The zero-order valence-corrected chi connectivity index (χ0v) is 26.4. The van der Waals surface area contributed by atoms with E-state index in [4.69, 9.17) is 5.10 Å². The fourth-order valence-electron chi connectivity index (χ4n) is 6.34. The lowest BCUT2D eigenvalue weighted by atomic mass is 9.95. The minimum absolute atomic E-state index is 1.03. The first kappa shape index (κ1) is 29.0. The summed E-state index contributed by atoms with van der Waals surface area (Å²) in [6, 6.07) is 65.9. The average Bonchev–Trinajstić information content (AvgIpc) is 3.49. The molecule has 0 aliphatic heterocycles. The Bertz CT molecular complexity index is 2260. The van der Waals surface area contributed by atoms with Crippen molar-refractivity contribution >= 4 is 56.7 Å². The van der Waals surface area contributed by atoms with E-state index in [9.17, 15) is 0 Å². The van der Waals surface area contributed by atoms with Gasteiger partial charge in [0, 0.05) is 27.8 Å². The lowest BCUT2D eigenvalue weighted by Gasteiger charge is -2.25. The van der Waals surface area contributed by atoms with E-state index in [1.165, 1.54) is 27.5 Å². The Morgan fingerprint density at radius 1 is 0.417 bits per heavy atom. The molecular weight excluding hydrogens is 583 g/mol. The molecule has 0 aliphatic rings. The van der Waals surface area contributed by atoms with Gasteiger partial charge in [0.15, 0.2) is 0 Å². The van der Waals surface area contributed by atoms with Crippen molar-refractivity contribution in [3.05, 3.63) is 210 Å². The molecule has 0 unspecified atom stereocenters. The summed E-state index contributed by atoms with van der Waals surface area (Å²) in [6.45, 7) is 0. The topological polar surface area (TPSA) is 20.5 Å². The van der Waals surface area contributed by atoms with Crippen molar-refractivity contribution in [1.29, 1.82) is 0 Å². The van der Waals surface area contributed by atoms with E-state index >= 15 is 0 Å². The molecule has 0 N–H and O–H groups in total. The third-order valence-electron chi connectivity index (χ3n) is 8.67. The maximum absolute atomic E-state index is 4.93. The van der Waals surface area contributed by atoms with E-state index in [0.717, 1.165) is 39.2 Å². The smallest absolute Gasteiger partial charge is 0.0732 e. The summed E-state index contributed by atoms with van der Waals surface area (Å²) in [7, 11) is 0. The largest absolute Gasteiger partial charge is 0.311 e. The number of hydrogen-bond acceptors (Lipinski definition) is 2. The monoisotopic (exact) mass is 615 g/mol. The van der Waals surface area contributed by atoms with E-state index in [0.29, 0.717) is 0 Å². The summed E-state index contributed by atoms with van der Waals surface area (Å²) in [5, 5.41) is 7.34. The summed E-state index contributed by atoms with van der Waals surface area (Å²) >= 11 is 0. The highest BCUT2D eigenvalue weighted by atomic mass is 15.3. The van der Waals surface area contributed by atoms with Crippen LogP contribution in [-0.2, 0) is 0 Å². The lowest BCUT2D eigenvalue weighted by molar-refractivity contribution is 0.975. The number of hydrogen-bond donors (Lipinski definition) is 0. The molecule has 3 nitrogen and oxygen atoms in total. The summed E-state index contributed by atoms with van der Waals surface area (Å²) < 4.78 is 2.03. The van der Waals surface area contributed by atoms with Crippen LogP contribution in [-0.4, -0.2) is 10.9 Å². The second-order valence-electron chi connectivity index (χ2n) is 11.7. The van der Waals surface area contributed by atoms with Gasteiger partial charge in [-0.3, -0.25) is 0 Å². The predicted molar refractivity (Wildman–Crippen MR) is 203 cm³/mol. The Morgan fingerprint density at radius 2 is 0.833 bits per heavy atom. The lowest BCUT2D eigenvalue weighted by Crippen LogP contribution is -2.09. The van der Waals surface area contributed by atoms with Crippen LogP contribution in [0.15, 0.2) is 193 Å². The molecule has 0 aliphatic carbocycles. The van der Waals surface area contributed by atoms with Gasteiger partial charge in [0.1, 0.15) is 0 Å². The zero-order chi connectivity index (χ0) is 32.1. The Balaban J connectivity index is 1.12. The van der Waals surface area contributed by atoms with Gasteiger partial charge < -0.3 is 4.90 Å². The van der Waals surface area contributed by atoms with Crippen LogP contribution in [0.1, 0.15) is 22.3 Å². The minimum Gasteiger partial charge on any atom is -0.311 e. The average molecular weight is 616 g/mol. The van der Waals surface area contributed by atoms with Gasteiger partial charge in [0.05, 0.1) is 17.2 Å². The molecular formula is C45H33N3. The number of nitrogens with zero attached hydrogens (tertiary/aromatic N) is 3. The SMILES string of the molecule is C(=C(c1ccccc1)c1ccccc1)c1ccc(N(c2ccccc2)c2ccc(/C=N/n3c4ccccc4c4ccccc43)cc2)cc1. The van der Waals surface area contributed by atoms with Crippen molar-refractivity contribution in [2.45, 2.75) is 0 Å². The van der Waals surface area contributed by atoms with Crippen LogP contribution >= 0.6 is 0 Å². The van der Waals surface area contributed by atoms with Gasteiger partial charge in [0.25, 0.3) is 0 Å². The van der Waals surface area contributed by atoms with Crippen LogP contribution in [0.5, 0.6) is 0 Å². The summed E-state index contributed by atoms with van der Waals surface area (Å²) in [5.74, 6) is 0. The molecule has 0 atom stereocenters. The standard InChI is InChI=1S/C45H33N3/c1-4-14-36(15-5-1)43(37-16-6-2-7-17-37)32-34-24-28-39(29-25-34)47(38-18-8-3-9-19-38)40-30-26-35(27-31-40)33-46-48-44-22-12-10-20-41(44)42-21-11-13-23-45(42)48/h1-33H/b46-33+. The summed E-state index contributed by atoms with van der Waals surface area (Å²) in [4.78, 5) is 2.29. The third-order valence-corrected chi connectivity index (χ3v) is 8.67. The van der Waals surface area contributed by atoms with Crippen molar-refractivity contribution in [2.24, 2.45) is 5.10 Å². The van der Waals surface area contributed by atoms with Gasteiger partial charge in [-0.15, -0.1) is 0 Å². The Kier molecular flexibility index (Phi) is 7.92. The van der Waals surface area contributed by atoms with Gasteiger partial charge in [-0.25, -0.2) is 4.68 Å². The number of para-hydroxylation sites is 3. The first-order valence-electron chi connectivity index (χ1n) is 16.2. The number of anilines is 3. The zero-order valence-electron chi connectivity index (χ0n) is 26.4. The molecule has 0 saturated carbocycles. The van der Waals surface area contributed by atoms with E-state index in [-0.39, 0.29) is 0 Å². The van der Waals surface area contributed by atoms with Gasteiger partial charge in [-0.2, -0.15) is 5.10 Å². The molecule has 8 rings (SSSR count). The van der Waals surface area contributed by atoms with Crippen LogP contribution in [0.25, 0.3) is 33.5 Å². The van der Waals surface area contributed by atoms with E-state index in [1.807, 2.05) is 10.9 Å². The Hall–Kier alpha value is -6.45. The number of aromatic nitrogens is 1. The molecule has 0 saturated heterocycles. The second-order valence-corrected chi connectivity index (χ2v) is 11.7. The van der Waals surface area contributed by atoms with Crippen molar-refractivity contribution in [1.82, 2.24) is 4.68 Å². The third kappa shape index (κ3) is 5.81. The normalized spacial score (nSPS) is 11.2. The van der Waals surface area contributed by atoms with E-state index < -0.39 is 0 Å². The maximum Gasteiger partial charge on any atom is 0.0732 e. The van der Waals surface area contributed by atoms with Gasteiger partial charge in [0.2, 0.25) is 0 Å². The van der Waals surface area contributed by atoms with Crippen LogP contribution < -0.4 is 4.90 Å². The summed E-state index contributed by atoms with van der Waals surface area (Å²) in [5.41, 5.74) is 11.2. The van der Waals surface area contributed by atoms with Crippen molar-refractivity contribution in [3.8, 4) is 0 Å². The Labute approximate surface area is 281 Å². The number of rotatable bonds is 8. The second kappa shape index (κ2) is 13.1. The van der Waals surface area contributed by atoms with Crippen LogP contribution in [0, 0.1) is 0 Å². The molecule has 1 heterocycles.